The van der Waals surface area contributed by atoms with E-state index in [0.717, 1.165) is 30.2 Å². The van der Waals surface area contributed by atoms with E-state index >= 15 is 0 Å². The van der Waals surface area contributed by atoms with Gasteiger partial charge in [-0.3, -0.25) is 4.40 Å². The van der Waals surface area contributed by atoms with E-state index in [1.807, 2.05) is 23.8 Å². The van der Waals surface area contributed by atoms with E-state index in [0.29, 0.717) is 11.8 Å². The van der Waals surface area contributed by atoms with Gasteiger partial charge in [0.05, 0.1) is 6.20 Å². The van der Waals surface area contributed by atoms with Gasteiger partial charge in [0.25, 0.3) is 5.88 Å². The maximum atomic E-state index is 6.15. The molecule has 1 saturated carbocycles. The number of anilines is 1. The molecule has 5 nitrogen and oxygen atoms in total. The van der Waals surface area contributed by atoms with E-state index < -0.39 is 0 Å². The molecule has 0 radical (unpaired) electrons. The molecule has 0 aromatic carbocycles. The summed E-state index contributed by atoms with van der Waals surface area (Å²) >= 11 is 0. The van der Waals surface area contributed by atoms with Gasteiger partial charge in [-0.25, -0.2) is 4.98 Å². The average Bonchev–Trinajstić information content (AvgIpc) is 2.91. The number of ether oxygens (including phenoxy) is 1. The molecule has 0 amide bonds. The minimum atomic E-state index is 0.251. The van der Waals surface area contributed by atoms with Crippen molar-refractivity contribution < 1.29 is 4.74 Å². The molecule has 3 atom stereocenters. The van der Waals surface area contributed by atoms with Crippen LogP contribution in [0.5, 0.6) is 5.88 Å². The summed E-state index contributed by atoms with van der Waals surface area (Å²) in [4.78, 5) is 8.85. The Bertz CT molecular complexity index is 595. The third-order valence-corrected chi connectivity index (χ3v) is 4.43. The van der Waals surface area contributed by atoms with Gasteiger partial charge in [-0.15, -0.1) is 0 Å². The van der Waals surface area contributed by atoms with E-state index in [1.54, 1.807) is 6.20 Å². The molecule has 0 bridgehead atoms. The molecule has 3 rings (SSSR count). The molecule has 0 spiro atoms. The highest BCUT2D eigenvalue weighted by molar-refractivity contribution is 5.53. The van der Waals surface area contributed by atoms with Crippen LogP contribution in [0.3, 0.4) is 0 Å². The molecule has 20 heavy (non-hydrogen) atoms. The minimum Gasteiger partial charge on any atom is -0.472 e. The van der Waals surface area contributed by atoms with Crippen molar-refractivity contribution in [2.24, 2.45) is 11.8 Å². The molecule has 2 aromatic rings. The van der Waals surface area contributed by atoms with Gasteiger partial charge in [0, 0.05) is 19.4 Å². The second-order valence-corrected chi connectivity index (χ2v) is 5.85. The fraction of sp³-hybridized carbons (Fsp3) is 0.600. The second-order valence-electron chi connectivity index (χ2n) is 5.85. The first-order valence-corrected chi connectivity index (χ1v) is 7.35. The van der Waals surface area contributed by atoms with Crippen molar-refractivity contribution in [2.75, 3.05) is 12.4 Å². The van der Waals surface area contributed by atoms with Gasteiger partial charge < -0.3 is 10.1 Å². The van der Waals surface area contributed by atoms with Crippen molar-refractivity contribution in [3.63, 3.8) is 0 Å². The number of fused-ring (bicyclic) bond motifs is 1. The Kier molecular flexibility index (Phi) is 3.51. The Balaban J connectivity index is 1.85. The minimum absolute atomic E-state index is 0.251. The van der Waals surface area contributed by atoms with Gasteiger partial charge in [-0.2, -0.15) is 4.98 Å². The Morgan fingerprint density at radius 2 is 2.15 bits per heavy atom. The highest BCUT2D eigenvalue weighted by Crippen LogP contribution is 2.32. The standard InChI is InChI=1S/C15H22N4O/c1-10-4-5-12(8-11(10)2)20-15-14-17-6-7-19(14)9-13(16-3)18-15/h6-7,9-12,16H,4-5,8H2,1-3H3. The van der Waals surface area contributed by atoms with Crippen LogP contribution in [0.2, 0.25) is 0 Å². The third kappa shape index (κ3) is 2.44. The topological polar surface area (TPSA) is 51.5 Å². The van der Waals surface area contributed by atoms with Crippen molar-refractivity contribution in [1.82, 2.24) is 14.4 Å². The normalized spacial score (nSPS) is 26.6. The Morgan fingerprint density at radius 1 is 1.30 bits per heavy atom. The summed E-state index contributed by atoms with van der Waals surface area (Å²) in [7, 11) is 1.86. The van der Waals surface area contributed by atoms with Gasteiger partial charge >= 0.3 is 0 Å². The van der Waals surface area contributed by atoms with Crippen LogP contribution in [0, 0.1) is 11.8 Å². The highest BCUT2D eigenvalue weighted by atomic mass is 16.5. The van der Waals surface area contributed by atoms with Crippen molar-refractivity contribution >= 4 is 11.5 Å². The van der Waals surface area contributed by atoms with Crippen LogP contribution in [0.4, 0.5) is 5.82 Å². The largest absolute Gasteiger partial charge is 0.472 e. The Labute approximate surface area is 119 Å². The van der Waals surface area contributed by atoms with E-state index in [2.05, 4.69) is 29.1 Å². The molecule has 0 saturated heterocycles. The summed E-state index contributed by atoms with van der Waals surface area (Å²) in [5.41, 5.74) is 0.787. The number of rotatable bonds is 3. The fourth-order valence-corrected chi connectivity index (χ4v) is 2.87. The lowest BCUT2D eigenvalue weighted by molar-refractivity contribution is 0.0975. The number of nitrogens with one attached hydrogen (secondary N) is 1. The van der Waals surface area contributed by atoms with E-state index in [4.69, 9.17) is 4.74 Å². The van der Waals surface area contributed by atoms with Crippen molar-refractivity contribution in [3.05, 3.63) is 18.6 Å². The van der Waals surface area contributed by atoms with Crippen LogP contribution in [0.25, 0.3) is 5.65 Å². The molecule has 0 aliphatic heterocycles. The summed E-state index contributed by atoms with van der Waals surface area (Å²) in [5.74, 6) is 2.92. The molecule has 1 aliphatic rings. The van der Waals surface area contributed by atoms with Crippen LogP contribution in [-0.2, 0) is 0 Å². The summed E-state index contributed by atoms with van der Waals surface area (Å²) in [6.45, 7) is 4.64. The molecule has 108 valence electrons. The van der Waals surface area contributed by atoms with Gasteiger partial charge in [0.2, 0.25) is 5.65 Å². The van der Waals surface area contributed by atoms with Gasteiger partial charge in [0.1, 0.15) is 11.9 Å². The van der Waals surface area contributed by atoms with Crippen LogP contribution in [0.1, 0.15) is 33.1 Å². The van der Waals surface area contributed by atoms with Crippen molar-refractivity contribution in [3.8, 4) is 5.88 Å². The molecule has 2 heterocycles. The molecular formula is C15H22N4O. The Morgan fingerprint density at radius 3 is 2.90 bits per heavy atom. The number of aromatic nitrogens is 3. The van der Waals surface area contributed by atoms with Gasteiger partial charge in [-0.1, -0.05) is 13.8 Å². The molecule has 2 aromatic heterocycles. The second kappa shape index (κ2) is 5.31. The quantitative estimate of drug-likeness (QED) is 0.935. The predicted molar refractivity (Wildman–Crippen MR) is 79.1 cm³/mol. The first-order valence-electron chi connectivity index (χ1n) is 7.35. The number of imidazole rings is 1. The molecule has 3 unspecified atom stereocenters. The summed E-state index contributed by atoms with van der Waals surface area (Å²) in [6.07, 6.45) is 9.28. The maximum Gasteiger partial charge on any atom is 0.260 e. The van der Waals surface area contributed by atoms with Crippen molar-refractivity contribution in [2.45, 2.75) is 39.2 Å². The molecule has 1 N–H and O–H groups in total. The number of hydrogen-bond acceptors (Lipinski definition) is 4. The zero-order valence-corrected chi connectivity index (χ0v) is 12.3. The van der Waals surface area contributed by atoms with E-state index in [-0.39, 0.29) is 6.10 Å². The van der Waals surface area contributed by atoms with Gasteiger partial charge in [0.15, 0.2) is 0 Å². The summed E-state index contributed by atoms with van der Waals surface area (Å²) in [5, 5.41) is 3.06. The first-order chi connectivity index (χ1) is 9.67. The van der Waals surface area contributed by atoms with Crippen LogP contribution in [-0.4, -0.2) is 27.5 Å². The van der Waals surface area contributed by atoms with Gasteiger partial charge in [-0.05, 0) is 31.1 Å². The monoisotopic (exact) mass is 274 g/mol. The van der Waals surface area contributed by atoms with Crippen LogP contribution >= 0.6 is 0 Å². The maximum absolute atomic E-state index is 6.15. The van der Waals surface area contributed by atoms with Crippen LogP contribution in [0.15, 0.2) is 18.6 Å². The summed E-state index contributed by atoms with van der Waals surface area (Å²) in [6, 6.07) is 0. The average molecular weight is 274 g/mol. The smallest absolute Gasteiger partial charge is 0.260 e. The number of hydrogen-bond donors (Lipinski definition) is 1. The highest BCUT2D eigenvalue weighted by Gasteiger charge is 2.26. The lowest BCUT2D eigenvalue weighted by Crippen LogP contribution is -2.29. The zero-order chi connectivity index (χ0) is 14.1. The summed E-state index contributed by atoms with van der Waals surface area (Å²) < 4.78 is 8.10. The molecule has 5 heteroatoms. The molecule has 1 fully saturated rings. The van der Waals surface area contributed by atoms with E-state index in [1.165, 1.54) is 6.42 Å². The first kappa shape index (κ1) is 13.2. The zero-order valence-electron chi connectivity index (χ0n) is 12.3. The van der Waals surface area contributed by atoms with E-state index in [9.17, 15) is 0 Å². The predicted octanol–water partition coefficient (Wildman–Crippen LogP) is 2.97. The number of nitrogens with zero attached hydrogens (tertiary/aromatic N) is 3. The molecular weight excluding hydrogens is 252 g/mol. The van der Waals surface area contributed by atoms with Crippen LogP contribution < -0.4 is 10.1 Å². The fourth-order valence-electron chi connectivity index (χ4n) is 2.87. The SMILES string of the molecule is CNc1cn2ccnc2c(OC2CCC(C)C(C)C2)n1. The Hall–Kier alpha value is -1.78. The lowest BCUT2D eigenvalue weighted by Gasteiger charge is -2.31. The lowest BCUT2D eigenvalue weighted by atomic mass is 9.80. The third-order valence-electron chi connectivity index (χ3n) is 4.43. The molecule has 1 aliphatic carbocycles. The van der Waals surface area contributed by atoms with Crippen molar-refractivity contribution in [1.29, 1.82) is 0 Å².